The number of carbonyl (C=O) groups excluding carboxylic acids is 1. The fourth-order valence-corrected chi connectivity index (χ4v) is 4.20. The van der Waals surface area contributed by atoms with Gasteiger partial charge in [-0.2, -0.15) is 4.37 Å². The van der Waals surface area contributed by atoms with Gasteiger partial charge in [0.2, 0.25) is 5.13 Å². The Bertz CT molecular complexity index is 1000. The average molecular weight is 458 g/mol. The lowest BCUT2D eigenvalue weighted by atomic mass is 10.1. The Hall–Kier alpha value is -2.84. The molecule has 0 radical (unpaired) electrons. The normalized spacial score (nSPS) is 13.9. The van der Waals surface area contributed by atoms with E-state index in [2.05, 4.69) is 19.6 Å². The van der Waals surface area contributed by atoms with Crippen LogP contribution in [0, 0.1) is 0 Å². The Labute approximate surface area is 190 Å². The molecule has 1 aromatic heterocycles. The lowest BCUT2D eigenvalue weighted by Crippen LogP contribution is -2.50. The third kappa shape index (κ3) is 5.65. The van der Waals surface area contributed by atoms with Crippen LogP contribution in [0.3, 0.4) is 0 Å². The van der Waals surface area contributed by atoms with Gasteiger partial charge in [0.05, 0.1) is 6.61 Å². The van der Waals surface area contributed by atoms with Crippen molar-refractivity contribution in [3.63, 3.8) is 0 Å². The van der Waals surface area contributed by atoms with Gasteiger partial charge in [0, 0.05) is 54.8 Å². The first-order chi connectivity index (χ1) is 15.1. The monoisotopic (exact) mass is 457 g/mol. The molecule has 1 fully saturated rings. The zero-order valence-corrected chi connectivity index (χ0v) is 18.8. The molecular weight excluding hydrogens is 434 g/mol. The number of amides is 2. The highest BCUT2D eigenvalue weighted by molar-refractivity contribution is 7.09. The fraction of sp³-hybridized carbons (Fsp3) is 0.318. The van der Waals surface area contributed by atoms with Crippen LogP contribution in [0.25, 0.3) is 0 Å². The number of piperazine rings is 1. The Morgan fingerprint density at radius 1 is 1.10 bits per heavy atom. The van der Waals surface area contributed by atoms with E-state index < -0.39 is 0 Å². The van der Waals surface area contributed by atoms with E-state index in [1.807, 2.05) is 60.4 Å². The molecule has 2 amide bonds. The Morgan fingerprint density at radius 3 is 2.48 bits per heavy atom. The second-order valence-electron chi connectivity index (χ2n) is 7.16. The summed E-state index contributed by atoms with van der Waals surface area (Å²) in [7, 11) is 0. The molecule has 7 nitrogen and oxygen atoms in total. The molecule has 3 aromatic rings. The highest BCUT2D eigenvalue weighted by Crippen LogP contribution is 2.22. The topological polar surface area (TPSA) is 70.6 Å². The van der Waals surface area contributed by atoms with E-state index in [1.165, 1.54) is 11.5 Å². The van der Waals surface area contributed by atoms with Crippen molar-refractivity contribution in [2.75, 3.05) is 43.0 Å². The van der Waals surface area contributed by atoms with Crippen molar-refractivity contribution in [2.45, 2.75) is 13.3 Å². The van der Waals surface area contributed by atoms with Crippen molar-refractivity contribution in [1.29, 1.82) is 0 Å². The predicted octanol–water partition coefficient (Wildman–Crippen LogP) is 4.54. The summed E-state index contributed by atoms with van der Waals surface area (Å²) in [5.41, 5.74) is 1.89. The van der Waals surface area contributed by atoms with Crippen molar-refractivity contribution >= 4 is 40.0 Å². The summed E-state index contributed by atoms with van der Waals surface area (Å²) >= 11 is 7.35. The third-order valence-corrected chi connectivity index (χ3v) is 6.05. The fourth-order valence-electron chi connectivity index (χ4n) is 3.33. The van der Waals surface area contributed by atoms with Crippen LogP contribution in [-0.2, 0) is 6.42 Å². The number of ether oxygens (including phenoxy) is 1. The summed E-state index contributed by atoms with van der Waals surface area (Å²) in [6.45, 7) is 5.28. The average Bonchev–Trinajstić information content (AvgIpc) is 3.25. The van der Waals surface area contributed by atoms with Crippen molar-refractivity contribution < 1.29 is 9.53 Å². The van der Waals surface area contributed by atoms with E-state index in [1.54, 1.807) is 0 Å². The highest BCUT2D eigenvalue weighted by Gasteiger charge is 2.23. The SMILES string of the molecule is CCOc1ccc(NC(=O)N2CCN(c3nc(Cc4ccc(Cl)cc4)ns3)CC2)cc1. The summed E-state index contributed by atoms with van der Waals surface area (Å²) in [5, 5.41) is 4.57. The Balaban J connectivity index is 1.27. The number of hydrogen-bond acceptors (Lipinski definition) is 6. The molecule has 0 bridgehead atoms. The predicted molar refractivity (Wildman–Crippen MR) is 125 cm³/mol. The molecule has 2 aromatic carbocycles. The largest absolute Gasteiger partial charge is 0.494 e. The molecule has 0 atom stereocenters. The maximum absolute atomic E-state index is 12.6. The smallest absolute Gasteiger partial charge is 0.321 e. The molecule has 31 heavy (non-hydrogen) atoms. The van der Waals surface area contributed by atoms with Crippen LogP contribution in [0.4, 0.5) is 15.6 Å². The van der Waals surface area contributed by atoms with Crippen LogP contribution in [0.2, 0.25) is 5.02 Å². The van der Waals surface area contributed by atoms with Crippen LogP contribution in [0.1, 0.15) is 18.3 Å². The standard InChI is InChI=1S/C22H24ClN5O2S/c1-2-30-19-9-7-18(8-10-19)24-21(29)27-11-13-28(14-12-27)22-25-20(26-31-22)15-16-3-5-17(23)6-4-16/h3-10H,2,11-15H2,1H3,(H,24,29). The first kappa shape index (κ1) is 21.4. The second-order valence-corrected chi connectivity index (χ2v) is 8.32. The number of aromatic nitrogens is 2. The lowest BCUT2D eigenvalue weighted by Gasteiger charge is -2.34. The molecule has 9 heteroatoms. The molecule has 1 aliphatic rings. The Morgan fingerprint density at radius 2 is 1.81 bits per heavy atom. The molecule has 0 unspecified atom stereocenters. The number of rotatable bonds is 6. The van der Waals surface area contributed by atoms with Crippen molar-refractivity contribution in [3.8, 4) is 5.75 Å². The molecule has 0 aliphatic carbocycles. The molecule has 0 spiro atoms. The lowest BCUT2D eigenvalue weighted by molar-refractivity contribution is 0.208. The summed E-state index contributed by atoms with van der Waals surface area (Å²) in [5.74, 6) is 1.60. The number of anilines is 2. The van der Waals surface area contributed by atoms with Crippen molar-refractivity contribution in [1.82, 2.24) is 14.3 Å². The summed E-state index contributed by atoms with van der Waals surface area (Å²) in [6.07, 6.45) is 0.679. The van der Waals surface area contributed by atoms with E-state index in [0.29, 0.717) is 26.1 Å². The van der Waals surface area contributed by atoms with E-state index in [-0.39, 0.29) is 6.03 Å². The molecular formula is C22H24ClN5O2S. The summed E-state index contributed by atoms with van der Waals surface area (Å²) in [4.78, 5) is 21.3. The molecule has 162 valence electrons. The van der Waals surface area contributed by atoms with Crippen molar-refractivity contribution in [3.05, 3.63) is 64.9 Å². The van der Waals surface area contributed by atoms with Gasteiger partial charge in [-0.25, -0.2) is 9.78 Å². The first-order valence-corrected chi connectivity index (χ1v) is 11.4. The second kappa shape index (κ2) is 9.98. The molecule has 1 saturated heterocycles. The molecule has 1 N–H and O–H groups in total. The van der Waals surface area contributed by atoms with Crippen LogP contribution in [0.5, 0.6) is 5.75 Å². The minimum Gasteiger partial charge on any atom is -0.494 e. The van der Waals surface area contributed by atoms with Crippen LogP contribution < -0.4 is 15.0 Å². The van der Waals surface area contributed by atoms with Crippen LogP contribution in [-0.4, -0.2) is 53.1 Å². The van der Waals surface area contributed by atoms with Gasteiger partial charge in [-0.05, 0) is 48.9 Å². The van der Waals surface area contributed by atoms with E-state index in [4.69, 9.17) is 16.3 Å². The van der Waals surface area contributed by atoms with Gasteiger partial charge in [0.25, 0.3) is 0 Å². The maximum atomic E-state index is 12.6. The van der Waals surface area contributed by atoms with Crippen molar-refractivity contribution in [2.24, 2.45) is 0 Å². The summed E-state index contributed by atoms with van der Waals surface area (Å²) < 4.78 is 9.92. The van der Waals surface area contributed by atoms with Gasteiger partial charge in [-0.3, -0.25) is 0 Å². The molecule has 0 saturated carbocycles. The third-order valence-electron chi connectivity index (χ3n) is 4.99. The molecule has 2 heterocycles. The number of halogens is 1. The number of nitrogens with zero attached hydrogens (tertiary/aromatic N) is 4. The Kier molecular flexibility index (Phi) is 6.89. The number of carbonyl (C=O) groups is 1. The van der Waals surface area contributed by atoms with Crippen LogP contribution in [0.15, 0.2) is 48.5 Å². The minimum atomic E-state index is -0.0931. The van der Waals surface area contributed by atoms with Gasteiger partial charge in [-0.1, -0.05) is 23.7 Å². The zero-order valence-electron chi connectivity index (χ0n) is 17.3. The summed E-state index contributed by atoms with van der Waals surface area (Å²) in [6, 6.07) is 15.1. The van der Waals surface area contributed by atoms with Gasteiger partial charge in [0.15, 0.2) is 0 Å². The van der Waals surface area contributed by atoms with Gasteiger partial charge < -0.3 is 19.9 Å². The van der Waals surface area contributed by atoms with Gasteiger partial charge in [0.1, 0.15) is 11.6 Å². The van der Waals surface area contributed by atoms with E-state index in [0.717, 1.165) is 46.1 Å². The van der Waals surface area contributed by atoms with E-state index in [9.17, 15) is 4.79 Å². The van der Waals surface area contributed by atoms with Crippen LogP contribution >= 0.6 is 23.1 Å². The quantitative estimate of drug-likeness (QED) is 0.588. The maximum Gasteiger partial charge on any atom is 0.321 e. The van der Waals surface area contributed by atoms with Gasteiger partial charge in [-0.15, -0.1) is 0 Å². The van der Waals surface area contributed by atoms with E-state index >= 15 is 0 Å². The number of benzene rings is 2. The number of urea groups is 1. The molecule has 4 rings (SSSR count). The molecule has 1 aliphatic heterocycles. The zero-order chi connectivity index (χ0) is 21.6. The number of hydrogen-bond donors (Lipinski definition) is 1. The highest BCUT2D eigenvalue weighted by atomic mass is 35.5. The minimum absolute atomic E-state index is 0.0931. The van der Waals surface area contributed by atoms with Gasteiger partial charge >= 0.3 is 6.03 Å². The number of nitrogens with one attached hydrogen (secondary N) is 1. The first-order valence-electron chi connectivity index (χ1n) is 10.2.